The molecule has 110 valence electrons. The smallest absolute Gasteiger partial charge is 0.264 e. The molecule has 1 aromatic carbocycles. The van der Waals surface area contributed by atoms with E-state index in [-0.39, 0.29) is 5.91 Å². The van der Waals surface area contributed by atoms with Crippen molar-refractivity contribution < 1.29 is 9.53 Å². The maximum atomic E-state index is 12.0. The molecule has 0 spiro atoms. The number of carbonyl (C=O) groups excluding carboxylic acids is 1. The molecular weight excluding hydrogens is 284 g/mol. The van der Waals surface area contributed by atoms with Gasteiger partial charge in [0.15, 0.2) is 5.17 Å². The lowest BCUT2D eigenvalue weighted by Gasteiger charge is -2.02. The molecule has 1 aliphatic heterocycles. The minimum atomic E-state index is -0.0698. The first-order valence-electron chi connectivity index (χ1n) is 7.17. The largest absolute Gasteiger partial charge is 0.497 e. The predicted octanol–water partition coefficient (Wildman–Crippen LogP) is 3.20. The minimum Gasteiger partial charge on any atom is -0.497 e. The summed E-state index contributed by atoms with van der Waals surface area (Å²) in [5.41, 5.74) is 0.953. The fourth-order valence-electron chi connectivity index (χ4n) is 2.57. The summed E-state index contributed by atoms with van der Waals surface area (Å²) in [5, 5.41) is 3.59. The summed E-state index contributed by atoms with van der Waals surface area (Å²) in [6, 6.07) is 8.04. The SMILES string of the molecule is COc1cccc(C=C2SC(=NC3CCCC3)NC2=O)c1. The molecule has 0 radical (unpaired) electrons. The Balaban J connectivity index is 1.76. The monoisotopic (exact) mass is 302 g/mol. The van der Waals surface area contributed by atoms with Crippen molar-refractivity contribution in [2.45, 2.75) is 31.7 Å². The Morgan fingerprint density at radius 1 is 1.38 bits per heavy atom. The van der Waals surface area contributed by atoms with Gasteiger partial charge in [0.05, 0.1) is 18.1 Å². The van der Waals surface area contributed by atoms with Crippen LogP contribution in [-0.2, 0) is 4.79 Å². The summed E-state index contributed by atoms with van der Waals surface area (Å²) in [6.45, 7) is 0. The number of rotatable bonds is 3. The Hall–Kier alpha value is -1.75. The average Bonchev–Trinajstić information content (AvgIpc) is 3.10. The molecule has 1 heterocycles. The summed E-state index contributed by atoms with van der Waals surface area (Å²) in [5.74, 6) is 0.715. The van der Waals surface area contributed by atoms with E-state index in [2.05, 4.69) is 10.3 Å². The van der Waals surface area contributed by atoms with Crippen LogP contribution in [0.25, 0.3) is 6.08 Å². The molecule has 1 amide bonds. The zero-order chi connectivity index (χ0) is 14.7. The Morgan fingerprint density at radius 3 is 2.95 bits per heavy atom. The van der Waals surface area contributed by atoms with E-state index >= 15 is 0 Å². The van der Waals surface area contributed by atoms with E-state index in [0.29, 0.717) is 10.9 Å². The van der Waals surface area contributed by atoms with Crippen LogP contribution in [-0.4, -0.2) is 24.2 Å². The first kappa shape index (κ1) is 14.2. The van der Waals surface area contributed by atoms with Crippen molar-refractivity contribution in [3.63, 3.8) is 0 Å². The third kappa shape index (κ3) is 3.47. The third-order valence-corrected chi connectivity index (χ3v) is 4.59. The van der Waals surface area contributed by atoms with Gasteiger partial charge in [-0.05, 0) is 48.4 Å². The normalized spacial score (nSPS) is 23.0. The fourth-order valence-corrected chi connectivity index (χ4v) is 3.46. The molecule has 1 aromatic rings. The van der Waals surface area contributed by atoms with Crippen molar-refractivity contribution in [2.24, 2.45) is 4.99 Å². The summed E-state index contributed by atoms with van der Waals surface area (Å²) in [4.78, 5) is 17.3. The standard InChI is InChI=1S/C16H18N2O2S/c1-20-13-8-4-5-11(9-13)10-14-15(19)18-16(21-14)17-12-6-2-3-7-12/h4-5,8-10,12H,2-3,6-7H2,1H3,(H,17,18,19). The van der Waals surface area contributed by atoms with Gasteiger partial charge in [-0.3, -0.25) is 9.79 Å². The maximum Gasteiger partial charge on any atom is 0.264 e. The van der Waals surface area contributed by atoms with Crippen LogP contribution in [0.4, 0.5) is 0 Å². The van der Waals surface area contributed by atoms with Crippen molar-refractivity contribution in [2.75, 3.05) is 7.11 Å². The molecular formula is C16H18N2O2S. The van der Waals surface area contributed by atoms with Crippen molar-refractivity contribution in [3.05, 3.63) is 34.7 Å². The van der Waals surface area contributed by atoms with Gasteiger partial charge in [0.1, 0.15) is 5.75 Å². The number of amidine groups is 1. The molecule has 2 fully saturated rings. The second-order valence-corrected chi connectivity index (χ2v) is 6.24. The zero-order valence-corrected chi connectivity index (χ0v) is 12.8. The van der Waals surface area contributed by atoms with E-state index in [4.69, 9.17) is 4.74 Å². The second-order valence-electron chi connectivity index (χ2n) is 5.21. The van der Waals surface area contributed by atoms with Gasteiger partial charge in [0, 0.05) is 0 Å². The van der Waals surface area contributed by atoms with Gasteiger partial charge >= 0.3 is 0 Å². The van der Waals surface area contributed by atoms with Crippen LogP contribution in [0.5, 0.6) is 5.75 Å². The van der Waals surface area contributed by atoms with Crippen LogP contribution in [0.3, 0.4) is 0 Å². The first-order valence-corrected chi connectivity index (χ1v) is 7.99. The quantitative estimate of drug-likeness (QED) is 0.872. The molecule has 0 atom stereocenters. The third-order valence-electron chi connectivity index (χ3n) is 3.67. The Bertz CT molecular complexity index is 604. The van der Waals surface area contributed by atoms with Crippen LogP contribution >= 0.6 is 11.8 Å². The van der Waals surface area contributed by atoms with Gasteiger partial charge in [0.25, 0.3) is 5.91 Å². The number of thioether (sulfide) groups is 1. The second kappa shape index (κ2) is 6.35. The molecule has 0 aromatic heterocycles. The zero-order valence-electron chi connectivity index (χ0n) is 12.0. The van der Waals surface area contributed by atoms with Gasteiger partial charge in [-0.15, -0.1) is 0 Å². The number of amides is 1. The van der Waals surface area contributed by atoms with Crippen LogP contribution in [0.15, 0.2) is 34.2 Å². The van der Waals surface area contributed by atoms with Crippen molar-refractivity contribution in [1.82, 2.24) is 5.32 Å². The molecule has 3 rings (SSSR count). The van der Waals surface area contributed by atoms with Crippen LogP contribution in [0, 0.1) is 0 Å². The molecule has 1 aliphatic carbocycles. The number of hydrogen-bond donors (Lipinski definition) is 1. The van der Waals surface area contributed by atoms with Gasteiger partial charge < -0.3 is 10.1 Å². The van der Waals surface area contributed by atoms with E-state index < -0.39 is 0 Å². The highest BCUT2D eigenvalue weighted by atomic mass is 32.2. The fraction of sp³-hybridized carbons (Fsp3) is 0.375. The van der Waals surface area contributed by atoms with Gasteiger partial charge in [-0.2, -0.15) is 0 Å². The highest BCUT2D eigenvalue weighted by Crippen LogP contribution is 2.29. The van der Waals surface area contributed by atoms with E-state index in [9.17, 15) is 4.79 Å². The number of ether oxygens (including phenoxy) is 1. The number of aliphatic imine (C=N–C) groups is 1. The summed E-state index contributed by atoms with van der Waals surface area (Å²) < 4.78 is 5.20. The highest BCUT2D eigenvalue weighted by Gasteiger charge is 2.25. The number of methoxy groups -OCH3 is 1. The molecule has 5 heteroatoms. The number of nitrogens with one attached hydrogen (secondary N) is 1. The van der Waals surface area contributed by atoms with E-state index in [1.54, 1.807) is 7.11 Å². The number of nitrogens with zero attached hydrogens (tertiary/aromatic N) is 1. The molecule has 0 unspecified atom stereocenters. The minimum absolute atomic E-state index is 0.0698. The Labute approximate surface area is 128 Å². The van der Waals surface area contributed by atoms with Crippen LogP contribution < -0.4 is 10.1 Å². The topological polar surface area (TPSA) is 50.7 Å². The van der Waals surface area contributed by atoms with E-state index in [0.717, 1.165) is 29.3 Å². The van der Waals surface area contributed by atoms with Crippen molar-refractivity contribution in [1.29, 1.82) is 0 Å². The highest BCUT2D eigenvalue weighted by molar-refractivity contribution is 8.18. The van der Waals surface area contributed by atoms with E-state index in [1.165, 1.54) is 24.6 Å². The summed E-state index contributed by atoms with van der Waals surface area (Å²) in [7, 11) is 1.63. The van der Waals surface area contributed by atoms with Crippen LogP contribution in [0.1, 0.15) is 31.2 Å². The number of carbonyl (C=O) groups is 1. The van der Waals surface area contributed by atoms with Gasteiger partial charge in [-0.1, -0.05) is 25.0 Å². The lowest BCUT2D eigenvalue weighted by molar-refractivity contribution is -0.115. The molecule has 4 nitrogen and oxygen atoms in total. The number of benzene rings is 1. The molecule has 2 aliphatic rings. The summed E-state index contributed by atoms with van der Waals surface area (Å²) >= 11 is 1.42. The predicted molar refractivity (Wildman–Crippen MR) is 86.4 cm³/mol. The lowest BCUT2D eigenvalue weighted by atomic mass is 10.2. The molecule has 1 saturated heterocycles. The molecule has 0 bridgehead atoms. The van der Waals surface area contributed by atoms with Crippen molar-refractivity contribution in [3.8, 4) is 5.75 Å². The van der Waals surface area contributed by atoms with Gasteiger partial charge in [0.2, 0.25) is 0 Å². The molecule has 21 heavy (non-hydrogen) atoms. The van der Waals surface area contributed by atoms with Gasteiger partial charge in [-0.25, -0.2) is 0 Å². The average molecular weight is 302 g/mol. The Kier molecular flexibility index (Phi) is 4.29. The molecule has 1 N–H and O–H groups in total. The van der Waals surface area contributed by atoms with Crippen LogP contribution in [0.2, 0.25) is 0 Å². The maximum absolute atomic E-state index is 12.0. The Morgan fingerprint density at radius 2 is 2.19 bits per heavy atom. The number of hydrogen-bond acceptors (Lipinski definition) is 4. The molecule has 1 saturated carbocycles. The van der Waals surface area contributed by atoms with E-state index in [1.807, 2.05) is 30.3 Å². The summed E-state index contributed by atoms with van der Waals surface area (Å²) in [6.07, 6.45) is 6.63. The lowest BCUT2D eigenvalue weighted by Crippen LogP contribution is -2.21. The van der Waals surface area contributed by atoms with Crippen molar-refractivity contribution >= 4 is 28.9 Å². The first-order chi connectivity index (χ1) is 10.2.